The number of nitrogens with one attached hydrogen (secondary N) is 5. The van der Waals surface area contributed by atoms with Gasteiger partial charge in [-0.3, -0.25) is 39.0 Å². The Labute approximate surface area is 555 Å². The number of fused-ring (bicyclic) bond motifs is 5. The molecule has 6 rings (SSSR count). The molecular weight excluding hydrogens is 1190 g/mol. The number of ether oxygens (including phenoxy) is 1. The van der Waals surface area contributed by atoms with E-state index in [1.807, 2.05) is 135 Å². The molecule has 510 valence electrons. The summed E-state index contributed by atoms with van der Waals surface area (Å²) in [7, 11) is 3.28. The molecule has 0 spiro atoms. The van der Waals surface area contributed by atoms with Crippen molar-refractivity contribution in [2.45, 2.75) is 190 Å². The molecule has 2 aliphatic rings. The minimum Gasteiger partial charge on any atom is -0.486 e. The average molecular weight is 1300 g/mol. The summed E-state index contributed by atoms with van der Waals surface area (Å²) in [5, 5.41) is 29.8. The first-order chi connectivity index (χ1) is 44.0. The number of carboxylic acids is 1. The van der Waals surface area contributed by atoms with E-state index in [-0.39, 0.29) is 117 Å². The maximum absolute atomic E-state index is 14.3. The normalized spacial score (nSPS) is 16.1. The molecule has 0 fully saturated rings. The van der Waals surface area contributed by atoms with E-state index in [0.717, 1.165) is 22.3 Å². The lowest BCUT2D eigenvalue weighted by atomic mass is 9.76. The highest BCUT2D eigenvalue weighted by molar-refractivity contribution is 5.98. The van der Waals surface area contributed by atoms with Crippen LogP contribution in [0, 0.1) is 28.6 Å². The second kappa shape index (κ2) is 34.0. The van der Waals surface area contributed by atoms with Gasteiger partial charge in [-0.25, -0.2) is 9.59 Å². The van der Waals surface area contributed by atoms with Crippen LogP contribution in [-0.2, 0) is 63.2 Å². The number of aliphatic carboxylic acids is 1. The standard InChI is InChI=1S/C68H90N10O11.C5H12/c1-40(2)52(37-47(79)28-31-57(82)78-38-45-20-13-14-22-50(45)58-59(75-76-74-58)51-23-15-16-25-54(51)78)62(83)72-53(24-18-32-71-66(69)88)56(81)36-43-26-29-49(30-27-43)89-39-48(80)35-44-19-17-21-46(34-44)68(9,10)60(70-11)63(84)73-61(67(6,7)8)64(85)77(12)55(41(3)4)33-42(5)65(86)87;1-5(2,3)4/h13-17,19-23,25-27,29-30,33-34,40-41,52-53,55,58-61,70H,18,24,28,31-32,35-39H2,1-12H3,(H,72,83)(H,73,84)(H,74,75)(H,86,87)(H3,69,71,88);1-4H3/b42-33+;/t52-,53-,55-,58?,59?,60+,61+;/m0./s1. The summed E-state index contributed by atoms with van der Waals surface area (Å²) < 4.78 is 5.90. The Kier molecular flexibility index (Phi) is 27.5. The summed E-state index contributed by atoms with van der Waals surface area (Å²) in [4.78, 5) is 124. The number of carbonyl (C=O) groups excluding carboxylic acids is 8. The number of primary amides is 1. The highest BCUT2D eigenvalue weighted by Crippen LogP contribution is 2.44. The van der Waals surface area contributed by atoms with E-state index in [0.29, 0.717) is 34.4 Å². The number of carbonyl (C=O) groups is 9. The largest absolute Gasteiger partial charge is 0.486 e. The predicted octanol–water partition coefficient (Wildman–Crippen LogP) is 10.2. The smallest absolute Gasteiger partial charge is 0.331 e. The number of hydrogen-bond acceptors (Lipinski definition) is 14. The van der Waals surface area contributed by atoms with Crippen molar-refractivity contribution in [1.29, 1.82) is 0 Å². The molecule has 4 aromatic carbocycles. The van der Waals surface area contributed by atoms with Crippen molar-refractivity contribution in [3.05, 3.63) is 142 Å². The fourth-order valence-electron chi connectivity index (χ4n) is 11.5. The fourth-order valence-corrected chi connectivity index (χ4v) is 11.5. The van der Waals surface area contributed by atoms with Gasteiger partial charge in [0.1, 0.15) is 30.2 Å². The molecule has 4 aromatic rings. The minimum absolute atomic E-state index is 0.0260. The van der Waals surface area contributed by atoms with Crippen LogP contribution in [0.25, 0.3) is 0 Å². The van der Waals surface area contributed by atoms with Crippen LogP contribution in [0.1, 0.15) is 175 Å². The third-order valence-corrected chi connectivity index (χ3v) is 16.8. The van der Waals surface area contributed by atoms with Crippen molar-refractivity contribution in [3.8, 4) is 5.75 Å². The van der Waals surface area contributed by atoms with E-state index >= 15 is 0 Å². The Morgan fingerprint density at radius 1 is 0.766 bits per heavy atom. The zero-order chi connectivity index (χ0) is 70.0. The molecule has 21 heteroatoms. The number of rotatable bonds is 30. The van der Waals surface area contributed by atoms with Crippen LogP contribution in [0.2, 0.25) is 0 Å². The second-order valence-electron chi connectivity index (χ2n) is 28.7. The van der Waals surface area contributed by atoms with Crippen LogP contribution in [0.3, 0.4) is 0 Å². The summed E-state index contributed by atoms with van der Waals surface area (Å²) in [5.41, 5.74) is 13.0. The Bertz CT molecular complexity index is 3370. The lowest BCUT2D eigenvalue weighted by molar-refractivity contribution is -0.141. The van der Waals surface area contributed by atoms with E-state index in [2.05, 4.69) is 64.7 Å². The molecule has 2 aliphatic heterocycles. The van der Waals surface area contributed by atoms with Crippen molar-refractivity contribution in [1.82, 2.24) is 31.6 Å². The number of para-hydroxylation sites is 1. The van der Waals surface area contributed by atoms with Crippen LogP contribution in [0.4, 0.5) is 10.5 Å². The Balaban J connectivity index is 0.00000308. The van der Waals surface area contributed by atoms with Crippen molar-refractivity contribution >= 4 is 58.7 Å². The number of nitrogens with zero attached hydrogens (tertiary/aromatic N) is 4. The van der Waals surface area contributed by atoms with Gasteiger partial charge in [-0.05, 0) is 95.5 Å². The molecule has 0 aliphatic carbocycles. The lowest BCUT2D eigenvalue weighted by Gasteiger charge is -2.40. The SMILES string of the molecule is CC(C)(C)C.CN[C@H](C(=O)N[C@H](C(=O)N(C)[C@@H](/C=C(\C)C(=O)O)C(C)C)C(C)(C)C)C(C)(C)c1cccc(CC(=O)COc2ccc(CC(=O)[C@H](CCCNC(N)=O)NC(=O)[C@@H](CC(=O)CCC(=O)N3Cc4ccccc4C4NN=NC4c4ccccc43)C(C)C)cc2)c1. The maximum Gasteiger partial charge on any atom is 0.331 e. The summed E-state index contributed by atoms with van der Waals surface area (Å²) in [6.07, 6.45) is 1.64. The predicted molar refractivity (Wildman–Crippen MR) is 364 cm³/mol. The molecular formula is C73H102N10O11. The Morgan fingerprint density at radius 3 is 2.01 bits per heavy atom. The zero-order valence-electron chi connectivity index (χ0n) is 58.0. The van der Waals surface area contributed by atoms with Gasteiger partial charge in [-0.1, -0.05) is 180 Å². The molecule has 94 heavy (non-hydrogen) atoms. The van der Waals surface area contributed by atoms with Gasteiger partial charge in [0.15, 0.2) is 11.6 Å². The number of ketones is 3. The first-order valence-corrected chi connectivity index (χ1v) is 32.5. The summed E-state index contributed by atoms with van der Waals surface area (Å²) in [6.45, 7) is 27.2. The van der Waals surface area contributed by atoms with E-state index < -0.39 is 64.7 Å². The third kappa shape index (κ3) is 22.0. The van der Waals surface area contributed by atoms with Crippen LogP contribution in [-0.4, -0.2) is 114 Å². The molecule has 0 bridgehead atoms. The molecule has 2 heterocycles. The van der Waals surface area contributed by atoms with E-state index in [9.17, 15) is 48.3 Å². The number of likely N-dealkylation sites (N-methyl/N-ethyl adjacent to an activating group) is 2. The molecule has 0 radical (unpaired) electrons. The lowest BCUT2D eigenvalue weighted by Crippen LogP contribution is -2.61. The monoisotopic (exact) mass is 1290 g/mol. The zero-order valence-corrected chi connectivity index (χ0v) is 58.0. The molecule has 21 nitrogen and oxygen atoms in total. The summed E-state index contributed by atoms with van der Waals surface area (Å²) >= 11 is 0. The van der Waals surface area contributed by atoms with Gasteiger partial charge in [-0.2, -0.15) is 5.11 Å². The molecule has 0 aromatic heterocycles. The Hall–Kier alpha value is -8.59. The van der Waals surface area contributed by atoms with Gasteiger partial charge < -0.3 is 46.6 Å². The van der Waals surface area contributed by atoms with Crippen LogP contribution in [0.15, 0.2) is 119 Å². The third-order valence-electron chi connectivity index (χ3n) is 16.8. The van der Waals surface area contributed by atoms with Crippen molar-refractivity contribution in [2.24, 2.45) is 44.7 Å². The van der Waals surface area contributed by atoms with Gasteiger partial charge in [-0.15, -0.1) is 0 Å². The number of hydrogen-bond donors (Lipinski definition) is 7. The first-order valence-electron chi connectivity index (χ1n) is 32.5. The highest BCUT2D eigenvalue weighted by atomic mass is 16.5. The number of Topliss-reactive ketones (excluding diaryl/α,β-unsaturated/α-hetero) is 3. The van der Waals surface area contributed by atoms with Crippen molar-refractivity contribution in [2.75, 3.05) is 32.1 Å². The number of carboxylic acid groups (broad SMARTS) is 1. The molecule has 6 amide bonds. The van der Waals surface area contributed by atoms with Crippen LogP contribution >= 0.6 is 0 Å². The van der Waals surface area contributed by atoms with Gasteiger partial charge in [0.05, 0.1) is 30.7 Å². The molecule has 0 saturated heterocycles. The second-order valence-corrected chi connectivity index (χ2v) is 28.7. The van der Waals surface area contributed by atoms with Gasteiger partial charge in [0.25, 0.3) is 0 Å². The van der Waals surface area contributed by atoms with E-state index in [1.165, 1.54) is 11.8 Å². The first kappa shape index (κ1) is 76.1. The molecule has 7 atom stereocenters. The summed E-state index contributed by atoms with van der Waals surface area (Å²) in [6, 6.07) is 24.9. The maximum atomic E-state index is 14.3. The van der Waals surface area contributed by atoms with E-state index in [4.69, 9.17) is 10.5 Å². The minimum atomic E-state index is -1.08. The number of anilines is 1. The Morgan fingerprint density at radius 2 is 1.40 bits per heavy atom. The number of urea groups is 1. The number of benzene rings is 4. The van der Waals surface area contributed by atoms with Gasteiger partial charge in [0, 0.05) is 73.9 Å². The number of amides is 6. The average Bonchev–Trinajstić information content (AvgIpc) is 1.39. The van der Waals surface area contributed by atoms with Crippen LogP contribution in [0.5, 0.6) is 5.75 Å². The highest BCUT2D eigenvalue weighted by Gasteiger charge is 2.43. The molecule has 2 unspecified atom stereocenters. The molecule has 8 N–H and O–H groups in total. The number of nitrogens with two attached hydrogens (primary N) is 1. The fraction of sp³-hybridized carbons (Fsp3) is 0.521. The van der Waals surface area contributed by atoms with Gasteiger partial charge in [0.2, 0.25) is 23.6 Å². The van der Waals surface area contributed by atoms with E-state index in [1.54, 1.807) is 49.3 Å². The summed E-state index contributed by atoms with van der Waals surface area (Å²) in [5.74, 6) is -4.25. The quantitative estimate of drug-likeness (QED) is 0.0189. The van der Waals surface area contributed by atoms with Gasteiger partial charge >= 0.3 is 12.0 Å². The molecule has 0 saturated carbocycles. The van der Waals surface area contributed by atoms with Crippen molar-refractivity contribution < 1.29 is 53.0 Å². The van der Waals surface area contributed by atoms with Crippen LogP contribution < -0.4 is 42.1 Å². The van der Waals surface area contributed by atoms with Crippen molar-refractivity contribution in [3.63, 3.8) is 0 Å². The topological polar surface area (TPSA) is 300 Å².